The van der Waals surface area contributed by atoms with Crippen LogP contribution in [0.25, 0.3) is 21.9 Å². The molecular formula is C21H20O5. The van der Waals surface area contributed by atoms with Crippen LogP contribution in [0.1, 0.15) is 54.1 Å². The molecule has 134 valence electrons. The number of aliphatic hydroxyl groups is 1. The Bertz CT molecular complexity index is 1040. The number of hydrogen-bond acceptors (Lipinski definition) is 4. The summed E-state index contributed by atoms with van der Waals surface area (Å²) in [6.07, 6.45) is 4.97. The Kier molecular flexibility index (Phi) is 4.24. The van der Waals surface area contributed by atoms with Crippen LogP contribution < -0.4 is 5.43 Å². The van der Waals surface area contributed by atoms with E-state index in [2.05, 4.69) is 0 Å². The number of aromatic carboxylic acids is 1. The van der Waals surface area contributed by atoms with Crippen molar-refractivity contribution in [1.29, 1.82) is 0 Å². The maximum atomic E-state index is 12.7. The lowest BCUT2D eigenvalue weighted by molar-refractivity contribution is 0.0697. The van der Waals surface area contributed by atoms with Gasteiger partial charge in [-0.3, -0.25) is 4.79 Å². The highest BCUT2D eigenvalue weighted by Gasteiger charge is 2.23. The summed E-state index contributed by atoms with van der Waals surface area (Å²) in [5.74, 6) is -0.844. The van der Waals surface area contributed by atoms with E-state index in [4.69, 9.17) is 9.52 Å². The maximum Gasteiger partial charge on any atom is 0.335 e. The summed E-state index contributed by atoms with van der Waals surface area (Å²) < 4.78 is 5.84. The van der Waals surface area contributed by atoms with Crippen LogP contribution in [0.4, 0.5) is 0 Å². The average molecular weight is 352 g/mol. The Labute approximate surface area is 149 Å². The summed E-state index contributed by atoms with van der Waals surface area (Å²) in [4.78, 5) is 23.9. The maximum absolute atomic E-state index is 12.7. The van der Waals surface area contributed by atoms with Crippen LogP contribution in [0.5, 0.6) is 0 Å². The molecule has 2 aromatic carbocycles. The summed E-state index contributed by atoms with van der Waals surface area (Å²) in [6.45, 7) is 0. The van der Waals surface area contributed by atoms with Gasteiger partial charge in [0, 0.05) is 0 Å². The van der Waals surface area contributed by atoms with Crippen molar-refractivity contribution in [3.63, 3.8) is 0 Å². The largest absolute Gasteiger partial charge is 0.478 e. The first kappa shape index (κ1) is 16.8. The summed E-state index contributed by atoms with van der Waals surface area (Å²) in [5.41, 5.74) is 1.31. The lowest BCUT2D eigenvalue weighted by Gasteiger charge is -2.26. The zero-order valence-electron chi connectivity index (χ0n) is 14.3. The molecule has 2 N–H and O–H groups in total. The van der Waals surface area contributed by atoms with Gasteiger partial charge in [0.15, 0.2) is 0 Å². The van der Waals surface area contributed by atoms with Crippen LogP contribution in [-0.4, -0.2) is 16.2 Å². The van der Waals surface area contributed by atoms with Crippen LogP contribution in [0, 0.1) is 5.92 Å². The van der Waals surface area contributed by atoms with E-state index in [1.807, 2.05) is 0 Å². The molecule has 1 fully saturated rings. The fourth-order valence-corrected chi connectivity index (χ4v) is 3.91. The molecule has 1 heterocycles. The fourth-order valence-electron chi connectivity index (χ4n) is 3.91. The first-order valence-electron chi connectivity index (χ1n) is 8.96. The lowest BCUT2D eigenvalue weighted by Crippen LogP contribution is -2.16. The SMILES string of the molecule is O=C(O)c1ccc2oc3cc(C(O)C4CCCCC4)ccc3c(=O)c2c1. The first-order valence-corrected chi connectivity index (χ1v) is 8.96. The number of carboxylic acids is 1. The molecule has 1 unspecified atom stereocenters. The Balaban J connectivity index is 1.81. The minimum atomic E-state index is -1.09. The summed E-state index contributed by atoms with van der Waals surface area (Å²) in [6, 6.07) is 9.43. The van der Waals surface area contributed by atoms with Crippen molar-refractivity contribution in [2.45, 2.75) is 38.2 Å². The normalized spacial score (nSPS) is 16.8. The van der Waals surface area contributed by atoms with E-state index in [0.29, 0.717) is 16.6 Å². The van der Waals surface area contributed by atoms with Gasteiger partial charge in [0.2, 0.25) is 5.43 Å². The third-order valence-corrected chi connectivity index (χ3v) is 5.38. The van der Waals surface area contributed by atoms with Gasteiger partial charge < -0.3 is 14.6 Å². The van der Waals surface area contributed by atoms with E-state index >= 15 is 0 Å². The van der Waals surface area contributed by atoms with Gasteiger partial charge in [0.05, 0.1) is 22.4 Å². The first-order chi connectivity index (χ1) is 12.5. The second kappa shape index (κ2) is 6.57. The van der Waals surface area contributed by atoms with Gasteiger partial charge in [-0.15, -0.1) is 0 Å². The number of carboxylic acid groups (broad SMARTS) is 1. The molecule has 26 heavy (non-hydrogen) atoms. The van der Waals surface area contributed by atoms with Gasteiger partial charge >= 0.3 is 5.97 Å². The Morgan fingerprint density at radius 1 is 1.00 bits per heavy atom. The van der Waals surface area contributed by atoms with Crippen molar-refractivity contribution < 1.29 is 19.4 Å². The number of hydrogen-bond donors (Lipinski definition) is 2. The van der Waals surface area contributed by atoms with Crippen molar-refractivity contribution in [1.82, 2.24) is 0 Å². The Hall–Kier alpha value is -2.66. The predicted molar refractivity (Wildman–Crippen MR) is 98.5 cm³/mol. The van der Waals surface area contributed by atoms with Crippen molar-refractivity contribution in [3.05, 3.63) is 57.7 Å². The van der Waals surface area contributed by atoms with Crippen LogP contribution in [-0.2, 0) is 0 Å². The molecule has 0 spiro atoms. The molecule has 3 aromatic rings. The van der Waals surface area contributed by atoms with Gasteiger partial charge in [-0.1, -0.05) is 25.3 Å². The minimum absolute atomic E-state index is 0.0495. The van der Waals surface area contributed by atoms with E-state index in [1.165, 1.54) is 24.6 Å². The van der Waals surface area contributed by atoms with Gasteiger partial charge in [-0.25, -0.2) is 4.79 Å². The van der Waals surface area contributed by atoms with Crippen molar-refractivity contribution in [2.24, 2.45) is 5.92 Å². The van der Waals surface area contributed by atoms with E-state index in [1.54, 1.807) is 18.2 Å². The van der Waals surface area contributed by atoms with Crippen LogP contribution in [0.3, 0.4) is 0 Å². The molecule has 4 rings (SSSR count). The third-order valence-electron chi connectivity index (χ3n) is 5.38. The topological polar surface area (TPSA) is 87.7 Å². The molecular weight excluding hydrogens is 332 g/mol. The van der Waals surface area contributed by atoms with Gasteiger partial charge in [-0.2, -0.15) is 0 Å². The quantitative estimate of drug-likeness (QED) is 0.688. The van der Waals surface area contributed by atoms with Crippen LogP contribution >= 0.6 is 0 Å². The Morgan fingerprint density at radius 2 is 1.77 bits per heavy atom. The molecule has 0 radical (unpaired) electrons. The monoisotopic (exact) mass is 352 g/mol. The number of carbonyl (C=O) groups is 1. The van der Waals surface area contributed by atoms with E-state index in [0.717, 1.165) is 31.2 Å². The molecule has 5 nitrogen and oxygen atoms in total. The van der Waals surface area contributed by atoms with E-state index in [-0.39, 0.29) is 22.3 Å². The minimum Gasteiger partial charge on any atom is -0.478 e. The molecule has 1 aliphatic carbocycles. The molecule has 0 bridgehead atoms. The van der Waals surface area contributed by atoms with Gasteiger partial charge in [0.25, 0.3) is 0 Å². The molecule has 1 aliphatic rings. The zero-order chi connectivity index (χ0) is 18.3. The zero-order valence-corrected chi connectivity index (χ0v) is 14.3. The van der Waals surface area contributed by atoms with E-state index in [9.17, 15) is 14.7 Å². The fraction of sp³-hybridized carbons (Fsp3) is 0.333. The van der Waals surface area contributed by atoms with Crippen LogP contribution in [0.2, 0.25) is 0 Å². The molecule has 0 amide bonds. The number of aliphatic hydroxyl groups excluding tert-OH is 1. The number of fused-ring (bicyclic) bond motifs is 2. The molecule has 1 saturated carbocycles. The molecule has 0 saturated heterocycles. The summed E-state index contributed by atoms with van der Waals surface area (Å²) in [5, 5.41) is 20.4. The average Bonchev–Trinajstić information content (AvgIpc) is 2.67. The molecule has 0 aliphatic heterocycles. The second-order valence-corrected chi connectivity index (χ2v) is 7.05. The van der Waals surface area contributed by atoms with E-state index < -0.39 is 12.1 Å². The van der Waals surface area contributed by atoms with Crippen molar-refractivity contribution in [3.8, 4) is 0 Å². The highest BCUT2D eigenvalue weighted by molar-refractivity contribution is 5.96. The van der Waals surface area contributed by atoms with Gasteiger partial charge in [-0.05, 0) is 54.7 Å². The highest BCUT2D eigenvalue weighted by Crippen LogP contribution is 2.35. The van der Waals surface area contributed by atoms with Crippen molar-refractivity contribution in [2.75, 3.05) is 0 Å². The lowest BCUT2D eigenvalue weighted by atomic mass is 9.82. The third kappa shape index (κ3) is 2.88. The number of rotatable bonds is 3. The Morgan fingerprint density at radius 3 is 2.50 bits per heavy atom. The van der Waals surface area contributed by atoms with Gasteiger partial charge in [0.1, 0.15) is 11.2 Å². The molecule has 1 aromatic heterocycles. The highest BCUT2D eigenvalue weighted by atomic mass is 16.4. The predicted octanol–water partition coefficient (Wildman–Crippen LogP) is 4.26. The molecule has 5 heteroatoms. The second-order valence-electron chi connectivity index (χ2n) is 7.05. The standard InChI is InChI=1S/C21H20O5/c22-19(12-4-2-1-3-5-12)13-6-8-15-18(11-13)26-17-9-7-14(21(24)25)10-16(17)20(15)23/h6-12,19,22H,1-5H2,(H,24,25). The smallest absolute Gasteiger partial charge is 0.335 e. The summed E-state index contributed by atoms with van der Waals surface area (Å²) >= 11 is 0. The van der Waals surface area contributed by atoms with Crippen molar-refractivity contribution >= 4 is 27.9 Å². The molecule has 1 atom stereocenters. The summed E-state index contributed by atoms with van der Waals surface area (Å²) in [7, 11) is 0. The number of benzene rings is 2. The van der Waals surface area contributed by atoms with Crippen LogP contribution in [0.15, 0.2) is 45.6 Å².